The predicted molar refractivity (Wildman–Crippen MR) is 75.1 cm³/mol. The SMILES string of the molecule is COC1CCC(NC(=O)c2cccc(Br)c2Cl)C1. The summed E-state index contributed by atoms with van der Waals surface area (Å²) in [5, 5.41) is 3.46. The van der Waals surface area contributed by atoms with Crippen molar-refractivity contribution in [2.75, 3.05) is 7.11 Å². The van der Waals surface area contributed by atoms with E-state index >= 15 is 0 Å². The molecule has 1 aliphatic rings. The molecule has 2 rings (SSSR count). The molecule has 1 aliphatic carbocycles. The van der Waals surface area contributed by atoms with Crippen molar-refractivity contribution in [2.45, 2.75) is 31.4 Å². The number of methoxy groups -OCH3 is 1. The zero-order valence-corrected chi connectivity index (χ0v) is 12.4. The topological polar surface area (TPSA) is 38.3 Å². The van der Waals surface area contributed by atoms with Crippen LogP contribution in [-0.2, 0) is 4.74 Å². The lowest BCUT2D eigenvalue weighted by Gasteiger charge is -2.14. The molecule has 1 N–H and O–H groups in total. The van der Waals surface area contributed by atoms with Crippen molar-refractivity contribution in [3.8, 4) is 0 Å². The van der Waals surface area contributed by atoms with Crippen LogP contribution in [0.5, 0.6) is 0 Å². The van der Waals surface area contributed by atoms with Gasteiger partial charge in [-0.3, -0.25) is 4.79 Å². The Morgan fingerprint density at radius 2 is 2.28 bits per heavy atom. The Bertz CT molecular complexity index is 453. The van der Waals surface area contributed by atoms with Crippen LogP contribution in [0.25, 0.3) is 0 Å². The average Bonchev–Trinajstić information content (AvgIpc) is 2.80. The molecular formula is C13H15BrClNO2. The van der Waals surface area contributed by atoms with Crippen molar-refractivity contribution >= 4 is 33.4 Å². The van der Waals surface area contributed by atoms with Gasteiger partial charge in [0.05, 0.1) is 16.7 Å². The summed E-state index contributed by atoms with van der Waals surface area (Å²) in [7, 11) is 1.71. The first-order valence-electron chi connectivity index (χ1n) is 5.89. The van der Waals surface area contributed by atoms with E-state index in [4.69, 9.17) is 16.3 Å². The fraction of sp³-hybridized carbons (Fsp3) is 0.462. The van der Waals surface area contributed by atoms with Gasteiger partial charge in [-0.25, -0.2) is 0 Å². The van der Waals surface area contributed by atoms with E-state index in [1.807, 2.05) is 6.07 Å². The molecule has 1 saturated carbocycles. The first kappa shape index (κ1) is 13.8. The molecule has 18 heavy (non-hydrogen) atoms. The third kappa shape index (κ3) is 3.05. The van der Waals surface area contributed by atoms with E-state index in [1.54, 1.807) is 19.2 Å². The van der Waals surface area contributed by atoms with Crippen LogP contribution in [0.3, 0.4) is 0 Å². The number of hydrogen-bond donors (Lipinski definition) is 1. The van der Waals surface area contributed by atoms with Gasteiger partial charge >= 0.3 is 0 Å². The Morgan fingerprint density at radius 3 is 2.94 bits per heavy atom. The highest BCUT2D eigenvalue weighted by Crippen LogP contribution is 2.27. The largest absolute Gasteiger partial charge is 0.381 e. The standard InChI is InChI=1S/C13H15BrClNO2/c1-18-9-6-5-8(7-9)16-13(17)10-3-2-4-11(14)12(10)15/h2-4,8-9H,5-7H2,1H3,(H,16,17). The van der Waals surface area contributed by atoms with Crippen molar-refractivity contribution in [3.63, 3.8) is 0 Å². The van der Waals surface area contributed by atoms with Gasteiger partial charge in [0.15, 0.2) is 0 Å². The van der Waals surface area contributed by atoms with E-state index in [2.05, 4.69) is 21.2 Å². The fourth-order valence-electron chi connectivity index (χ4n) is 2.23. The molecule has 2 unspecified atom stereocenters. The van der Waals surface area contributed by atoms with Crippen LogP contribution in [0.4, 0.5) is 0 Å². The first-order valence-corrected chi connectivity index (χ1v) is 7.06. The number of benzene rings is 1. The highest BCUT2D eigenvalue weighted by Gasteiger charge is 2.26. The molecule has 98 valence electrons. The second-order valence-corrected chi connectivity index (χ2v) is 5.67. The van der Waals surface area contributed by atoms with Gasteiger partial charge in [-0.05, 0) is 47.3 Å². The number of amides is 1. The Balaban J connectivity index is 2.02. The first-order chi connectivity index (χ1) is 8.61. The molecule has 5 heteroatoms. The van der Waals surface area contributed by atoms with Gasteiger partial charge in [-0.2, -0.15) is 0 Å². The normalized spacial score (nSPS) is 23.1. The number of carbonyl (C=O) groups is 1. The van der Waals surface area contributed by atoms with Crippen molar-refractivity contribution in [1.29, 1.82) is 0 Å². The number of hydrogen-bond acceptors (Lipinski definition) is 2. The minimum atomic E-state index is -0.122. The van der Waals surface area contributed by atoms with Crippen LogP contribution in [0.1, 0.15) is 29.6 Å². The molecule has 3 nitrogen and oxygen atoms in total. The Kier molecular flexibility index (Phi) is 4.65. The number of halogens is 2. The van der Waals surface area contributed by atoms with Gasteiger partial charge in [-0.15, -0.1) is 0 Å². The minimum absolute atomic E-state index is 0.122. The van der Waals surface area contributed by atoms with Crippen molar-refractivity contribution in [1.82, 2.24) is 5.32 Å². The predicted octanol–water partition coefficient (Wildman–Crippen LogP) is 3.40. The van der Waals surface area contributed by atoms with Crippen LogP contribution in [0, 0.1) is 0 Å². The zero-order valence-electron chi connectivity index (χ0n) is 10.1. The molecule has 0 bridgehead atoms. The lowest BCUT2D eigenvalue weighted by Crippen LogP contribution is -2.33. The maximum atomic E-state index is 12.1. The lowest BCUT2D eigenvalue weighted by atomic mass is 10.2. The van der Waals surface area contributed by atoms with Crippen LogP contribution in [-0.4, -0.2) is 25.2 Å². The van der Waals surface area contributed by atoms with E-state index < -0.39 is 0 Å². The summed E-state index contributed by atoms with van der Waals surface area (Å²) >= 11 is 9.41. The third-order valence-corrected chi connectivity index (χ3v) is 4.55. The monoisotopic (exact) mass is 331 g/mol. The number of rotatable bonds is 3. The molecule has 0 radical (unpaired) electrons. The van der Waals surface area contributed by atoms with Crippen molar-refractivity contribution in [3.05, 3.63) is 33.3 Å². The van der Waals surface area contributed by atoms with Gasteiger partial charge in [0.25, 0.3) is 5.91 Å². The summed E-state index contributed by atoms with van der Waals surface area (Å²) in [6.45, 7) is 0. The summed E-state index contributed by atoms with van der Waals surface area (Å²) in [4.78, 5) is 12.1. The molecule has 1 aromatic carbocycles. The quantitative estimate of drug-likeness (QED) is 0.921. The smallest absolute Gasteiger partial charge is 0.253 e. The summed E-state index contributed by atoms with van der Waals surface area (Å²) < 4.78 is 6.02. The second kappa shape index (κ2) is 6.04. The Hall–Kier alpha value is -0.580. The molecule has 1 aromatic rings. The van der Waals surface area contributed by atoms with E-state index in [0.29, 0.717) is 10.6 Å². The minimum Gasteiger partial charge on any atom is -0.381 e. The van der Waals surface area contributed by atoms with E-state index in [9.17, 15) is 4.79 Å². The average molecular weight is 333 g/mol. The Morgan fingerprint density at radius 1 is 1.50 bits per heavy atom. The molecular weight excluding hydrogens is 318 g/mol. The number of ether oxygens (including phenoxy) is 1. The van der Waals surface area contributed by atoms with Gasteiger partial charge in [0, 0.05) is 17.6 Å². The molecule has 2 atom stereocenters. The Labute approximate surface area is 120 Å². The highest BCUT2D eigenvalue weighted by atomic mass is 79.9. The second-order valence-electron chi connectivity index (χ2n) is 4.44. The van der Waals surface area contributed by atoms with Crippen LogP contribution in [0.15, 0.2) is 22.7 Å². The molecule has 0 aliphatic heterocycles. The highest BCUT2D eigenvalue weighted by molar-refractivity contribution is 9.10. The summed E-state index contributed by atoms with van der Waals surface area (Å²) in [5.74, 6) is -0.122. The van der Waals surface area contributed by atoms with Crippen LogP contribution in [0.2, 0.25) is 5.02 Å². The summed E-state index contributed by atoms with van der Waals surface area (Å²) in [6, 6.07) is 5.52. The van der Waals surface area contributed by atoms with Gasteiger partial charge in [0.2, 0.25) is 0 Å². The van der Waals surface area contributed by atoms with Crippen molar-refractivity contribution in [2.24, 2.45) is 0 Å². The molecule has 0 aromatic heterocycles. The molecule has 1 fully saturated rings. The maximum Gasteiger partial charge on any atom is 0.253 e. The zero-order chi connectivity index (χ0) is 13.1. The van der Waals surface area contributed by atoms with E-state index in [1.165, 1.54) is 0 Å². The van der Waals surface area contributed by atoms with Gasteiger partial charge in [-0.1, -0.05) is 17.7 Å². The molecule has 1 amide bonds. The number of nitrogens with one attached hydrogen (secondary N) is 1. The lowest BCUT2D eigenvalue weighted by molar-refractivity contribution is 0.0915. The summed E-state index contributed by atoms with van der Waals surface area (Å²) in [6.07, 6.45) is 3.07. The molecule has 0 spiro atoms. The van der Waals surface area contributed by atoms with E-state index in [-0.39, 0.29) is 18.1 Å². The molecule has 0 saturated heterocycles. The van der Waals surface area contributed by atoms with Crippen LogP contribution >= 0.6 is 27.5 Å². The van der Waals surface area contributed by atoms with Gasteiger partial charge in [0.1, 0.15) is 0 Å². The number of carbonyl (C=O) groups excluding carboxylic acids is 1. The summed E-state index contributed by atoms with van der Waals surface area (Å²) in [5.41, 5.74) is 0.506. The van der Waals surface area contributed by atoms with Crippen molar-refractivity contribution < 1.29 is 9.53 Å². The van der Waals surface area contributed by atoms with Gasteiger partial charge < -0.3 is 10.1 Å². The fourth-order valence-corrected chi connectivity index (χ4v) is 2.81. The maximum absolute atomic E-state index is 12.1. The molecule has 0 heterocycles. The van der Waals surface area contributed by atoms with E-state index in [0.717, 1.165) is 23.7 Å². The van der Waals surface area contributed by atoms with Crippen LogP contribution < -0.4 is 5.32 Å². The third-order valence-electron chi connectivity index (χ3n) is 3.25.